The van der Waals surface area contributed by atoms with Crippen molar-refractivity contribution < 1.29 is 4.39 Å². The average Bonchev–Trinajstić information content (AvgIpc) is 1.88. The summed E-state index contributed by atoms with van der Waals surface area (Å²) in [6.45, 7) is 4.02. The van der Waals surface area contributed by atoms with Crippen molar-refractivity contribution in [1.82, 2.24) is 9.97 Å². The molecule has 0 bridgehead atoms. The van der Waals surface area contributed by atoms with Crippen LogP contribution in [0.2, 0.25) is 0 Å². The number of halogens is 1. The molecule has 0 atom stereocenters. The van der Waals surface area contributed by atoms with Gasteiger partial charge in [0, 0.05) is 12.4 Å². The summed E-state index contributed by atoms with van der Waals surface area (Å²) in [4.78, 5) is 6.85. The monoisotopic (exact) mass is 140 g/mol. The number of hydrogen-bond donors (Lipinski definition) is 0. The van der Waals surface area contributed by atoms with Crippen LogP contribution in [0.1, 0.15) is 25.3 Å². The van der Waals surface area contributed by atoms with Gasteiger partial charge in [-0.1, -0.05) is 13.8 Å². The maximum atomic E-state index is 12.1. The second-order valence-electron chi connectivity index (χ2n) is 2.44. The molecule has 0 aliphatic rings. The maximum absolute atomic E-state index is 12.1. The second-order valence-corrected chi connectivity index (χ2v) is 2.44. The predicted molar refractivity (Wildman–Crippen MR) is 36.1 cm³/mol. The van der Waals surface area contributed by atoms with Gasteiger partial charge >= 0.3 is 6.08 Å². The Morgan fingerprint density at radius 3 is 2.20 bits per heavy atom. The molecule has 0 fully saturated rings. The van der Waals surface area contributed by atoms with Crippen LogP contribution in [-0.4, -0.2) is 9.97 Å². The molecule has 0 aliphatic carbocycles. The first-order valence-corrected chi connectivity index (χ1v) is 3.17. The third kappa shape index (κ3) is 1.50. The highest BCUT2D eigenvalue weighted by atomic mass is 19.1. The van der Waals surface area contributed by atoms with Crippen molar-refractivity contribution >= 4 is 0 Å². The van der Waals surface area contributed by atoms with Crippen LogP contribution in [0.4, 0.5) is 4.39 Å². The van der Waals surface area contributed by atoms with Crippen molar-refractivity contribution in [2.24, 2.45) is 0 Å². The van der Waals surface area contributed by atoms with Gasteiger partial charge in [0.2, 0.25) is 0 Å². The molecule has 0 spiro atoms. The van der Waals surface area contributed by atoms with Crippen molar-refractivity contribution in [3.63, 3.8) is 0 Å². The molecule has 0 N–H and O–H groups in total. The van der Waals surface area contributed by atoms with E-state index >= 15 is 0 Å². The molecule has 2 nitrogen and oxygen atoms in total. The Bertz CT molecular complexity index is 205. The minimum Gasteiger partial charge on any atom is -0.211 e. The molecule has 1 aromatic rings. The minimum atomic E-state index is -0.663. The predicted octanol–water partition coefficient (Wildman–Crippen LogP) is 1.74. The van der Waals surface area contributed by atoms with E-state index in [0.29, 0.717) is 5.92 Å². The molecule has 0 aromatic carbocycles. The lowest BCUT2D eigenvalue weighted by molar-refractivity contribution is 0.535. The summed E-state index contributed by atoms with van der Waals surface area (Å²) >= 11 is 0. The molecule has 10 heavy (non-hydrogen) atoms. The summed E-state index contributed by atoms with van der Waals surface area (Å²) in [5.74, 6) is 0.362. The van der Waals surface area contributed by atoms with E-state index in [2.05, 4.69) is 9.97 Å². The van der Waals surface area contributed by atoms with Crippen LogP contribution in [0.5, 0.6) is 0 Å². The summed E-state index contributed by atoms with van der Waals surface area (Å²) in [5, 5.41) is 0. The fraction of sp³-hybridized carbons (Fsp3) is 0.429. The van der Waals surface area contributed by atoms with Crippen LogP contribution in [-0.2, 0) is 0 Å². The van der Waals surface area contributed by atoms with Crippen LogP contribution in [0, 0.1) is 6.08 Å². The Kier molecular flexibility index (Phi) is 1.94. The van der Waals surface area contributed by atoms with Gasteiger partial charge in [-0.05, 0) is 11.5 Å². The van der Waals surface area contributed by atoms with E-state index in [1.165, 1.54) is 12.4 Å². The van der Waals surface area contributed by atoms with Crippen molar-refractivity contribution in [1.29, 1.82) is 0 Å². The molecule has 1 rings (SSSR count). The topological polar surface area (TPSA) is 25.8 Å². The molecule has 0 amide bonds. The van der Waals surface area contributed by atoms with Gasteiger partial charge in [0.05, 0.1) is 0 Å². The third-order valence-corrected chi connectivity index (χ3v) is 1.31. The van der Waals surface area contributed by atoms with Crippen molar-refractivity contribution in [2.75, 3.05) is 0 Å². The highest BCUT2D eigenvalue weighted by Gasteiger charge is 1.99. The van der Waals surface area contributed by atoms with Crippen LogP contribution in [0.3, 0.4) is 0 Å². The van der Waals surface area contributed by atoms with Gasteiger partial charge in [-0.25, -0.2) is 9.97 Å². The first-order chi connectivity index (χ1) is 4.70. The molecule has 0 aliphatic heterocycles. The van der Waals surface area contributed by atoms with Gasteiger partial charge in [-0.2, -0.15) is 4.39 Å². The Hall–Kier alpha value is -0.990. The van der Waals surface area contributed by atoms with E-state index in [-0.39, 0.29) is 0 Å². The third-order valence-electron chi connectivity index (χ3n) is 1.31. The molecule has 0 saturated carbocycles. The number of aromatic nitrogens is 2. The molecule has 0 radical (unpaired) electrons. The molecule has 1 heterocycles. The fourth-order valence-electron chi connectivity index (χ4n) is 0.620. The Labute approximate surface area is 59.1 Å². The van der Waals surface area contributed by atoms with E-state index < -0.39 is 6.08 Å². The van der Waals surface area contributed by atoms with Crippen LogP contribution in [0.25, 0.3) is 0 Å². The molecule has 1 aromatic heterocycles. The van der Waals surface area contributed by atoms with Crippen molar-refractivity contribution in [3.05, 3.63) is 24.0 Å². The molecular weight excluding hydrogens is 131 g/mol. The van der Waals surface area contributed by atoms with E-state index in [4.69, 9.17) is 0 Å². The largest absolute Gasteiger partial charge is 0.308 e. The second kappa shape index (κ2) is 2.73. The van der Waals surface area contributed by atoms with Crippen LogP contribution in [0.15, 0.2) is 12.4 Å². The SMILES string of the molecule is CC(C)c1cnc(F)nc1. The first-order valence-electron chi connectivity index (χ1n) is 3.17. The highest BCUT2D eigenvalue weighted by molar-refractivity contribution is 5.07. The fourth-order valence-corrected chi connectivity index (χ4v) is 0.620. The van der Waals surface area contributed by atoms with E-state index in [9.17, 15) is 4.39 Å². The Morgan fingerprint density at radius 2 is 1.80 bits per heavy atom. The van der Waals surface area contributed by atoms with Crippen LogP contribution < -0.4 is 0 Å². The minimum absolute atomic E-state index is 0.362. The zero-order valence-corrected chi connectivity index (χ0v) is 6.00. The molecular formula is C7H9FN2. The molecule has 0 saturated heterocycles. The molecule has 3 heteroatoms. The lowest BCUT2D eigenvalue weighted by Crippen LogP contribution is -1.93. The standard InChI is InChI=1S/C7H9FN2/c1-5(2)6-3-9-7(8)10-4-6/h3-5H,1-2H3. The lowest BCUT2D eigenvalue weighted by atomic mass is 10.1. The van der Waals surface area contributed by atoms with Crippen molar-refractivity contribution in [3.8, 4) is 0 Å². The van der Waals surface area contributed by atoms with Gasteiger partial charge in [-0.15, -0.1) is 0 Å². The van der Waals surface area contributed by atoms with Gasteiger partial charge in [0.1, 0.15) is 0 Å². The molecule has 0 unspecified atom stereocenters. The van der Waals surface area contributed by atoms with E-state index in [1.807, 2.05) is 13.8 Å². The number of nitrogens with zero attached hydrogens (tertiary/aromatic N) is 2. The smallest absolute Gasteiger partial charge is 0.211 e. The Balaban J connectivity index is 2.89. The summed E-state index contributed by atoms with van der Waals surface area (Å²) in [7, 11) is 0. The van der Waals surface area contributed by atoms with Gasteiger partial charge in [0.15, 0.2) is 0 Å². The normalized spacial score (nSPS) is 10.4. The summed E-state index contributed by atoms with van der Waals surface area (Å²) in [6.07, 6.45) is 2.35. The van der Waals surface area contributed by atoms with E-state index in [1.54, 1.807) is 0 Å². The van der Waals surface area contributed by atoms with Crippen molar-refractivity contribution in [2.45, 2.75) is 19.8 Å². The van der Waals surface area contributed by atoms with E-state index in [0.717, 1.165) is 5.56 Å². The average molecular weight is 140 g/mol. The van der Waals surface area contributed by atoms with Gasteiger partial charge < -0.3 is 0 Å². The summed E-state index contributed by atoms with van der Waals surface area (Å²) < 4.78 is 12.1. The maximum Gasteiger partial charge on any atom is 0.308 e. The molecule has 54 valence electrons. The zero-order valence-electron chi connectivity index (χ0n) is 6.00. The summed E-state index contributed by atoms with van der Waals surface area (Å²) in [6, 6.07) is 0. The number of hydrogen-bond acceptors (Lipinski definition) is 2. The van der Waals surface area contributed by atoms with Crippen LogP contribution >= 0.6 is 0 Å². The summed E-state index contributed by atoms with van der Waals surface area (Å²) in [5.41, 5.74) is 0.960. The Morgan fingerprint density at radius 1 is 1.30 bits per heavy atom. The van der Waals surface area contributed by atoms with Gasteiger partial charge in [0.25, 0.3) is 0 Å². The zero-order chi connectivity index (χ0) is 7.56. The lowest BCUT2D eigenvalue weighted by Gasteiger charge is -2.00. The number of rotatable bonds is 1. The first kappa shape index (κ1) is 7.12. The highest BCUT2D eigenvalue weighted by Crippen LogP contribution is 2.09. The quantitative estimate of drug-likeness (QED) is 0.555. The van der Waals surface area contributed by atoms with Gasteiger partial charge in [-0.3, -0.25) is 0 Å².